The van der Waals surface area contributed by atoms with E-state index >= 15 is 0 Å². The van der Waals surface area contributed by atoms with E-state index < -0.39 is 0 Å². The highest BCUT2D eigenvalue weighted by Gasteiger charge is 2.37. The molecule has 2 atom stereocenters. The van der Waals surface area contributed by atoms with Crippen molar-refractivity contribution in [2.24, 2.45) is 5.92 Å². The molecule has 0 unspecified atom stereocenters. The summed E-state index contributed by atoms with van der Waals surface area (Å²) in [7, 11) is 1.62. The van der Waals surface area contributed by atoms with Gasteiger partial charge in [0.15, 0.2) is 0 Å². The number of pyridine rings is 1. The Morgan fingerprint density at radius 3 is 2.64 bits per heavy atom. The largest absolute Gasteiger partial charge is 0.384 e. The first-order valence-electron chi connectivity index (χ1n) is 9.75. The van der Waals surface area contributed by atoms with Gasteiger partial charge in [0.25, 0.3) is 5.56 Å². The average molecular weight is 399 g/mol. The molecular formula is C22H26N2O3S. The van der Waals surface area contributed by atoms with Gasteiger partial charge in [-0.05, 0) is 42.4 Å². The molecule has 2 bridgehead atoms. The highest BCUT2D eigenvalue weighted by molar-refractivity contribution is 7.98. The third kappa shape index (κ3) is 3.63. The Hall–Kier alpha value is -2.05. The van der Waals surface area contributed by atoms with Gasteiger partial charge in [-0.1, -0.05) is 12.1 Å². The summed E-state index contributed by atoms with van der Waals surface area (Å²) in [5, 5.41) is 0. The molecule has 2 aliphatic rings. The Balaban J connectivity index is 1.70. The molecule has 6 heteroatoms. The van der Waals surface area contributed by atoms with Crippen LogP contribution >= 0.6 is 11.8 Å². The first-order valence-corrected chi connectivity index (χ1v) is 11.0. The zero-order valence-corrected chi connectivity index (χ0v) is 17.2. The van der Waals surface area contributed by atoms with Gasteiger partial charge in [-0.25, -0.2) is 0 Å². The lowest BCUT2D eigenvalue weighted by molar-refractivity contribution is -0.134. The van der Waals surface area contributed by atoms with E-state index in [1.807, 2.05) is 15.5 Å². The number of ether oxygens (including phenoxy) is 1. The lowest BCUT2D eigenvalue weighted by atomic mass is 9.80. The van der Waals surface area contributed by atoms with E-state index in [-0.39, 0.29) is 17.4 Å². The topological polar surface area (TPSA) is 51.5 Å². The van der Waals surface area contributed by atoms with Crippen molar-refractivity contribution in [1.82, 2.24) is 9.47 Å². The summed E-state index contributed by atoms with van der Waals surface area (Å²) in [4.78, 5) is 28.4. The van der Waals surface area contributed by atoms with Crippen LogP contribution in [0, 0.1) is 5.92 Å². The van der Waals surface area contributed by atoms with Crippen molar-refractivity contribution in [1.29, 1.82) is 0 Å². The number of methoxy groups -OCH3 is 1. The number of piperidine rings is 1. The normalized spacial score (nSPS) is 20.7. The van der Waals surface area contributed by atoms with Crippen LogP contribution in [0.25, 0.3) is 11.1 Å². The molecule has 28 heavy (non-hydrogen) atoms. The predicted octanol–water partition coefficient (Wildman–Crippen LogP) is 3.22. The van der Waals surface area contributed by atoms with Crippen molar-refractivity contribution in [3.63, 3.8) is 0 Å². The summed E-state index contributed by atoms with van der Waals surface area (Å²) < 4.78 is 7.02. The van der Waals surface area contributed by atoms with Crippen LogP contribution in [-0.2, 0) is 16.1 Å². The number of hydrogen-bond donors (Lipinski definition) is 0. The minimum atomic E-state index is 0.0633. The van der Waals surface area contributed by atoms with Gasteiger partial charge in [-0.2, -0.15) is 0 Å². The molecule has 2 aliphatic heterocycles. The maximum Gasteiger partial charge on any atom is 0.250 e. The zero-order valence-electron chi connectivity index (χ0n) is 16.4. The van der Waals surface area contributed by atoms with E-state index in [1.165, 1.54) is 4.90 Å². The van der Waals surface area contributed by atoms with Crippen LogP contribution in [0.15, 0.2) is 46.1 Å². The average Bonchev–Trinajstić information content (AvgIpc) is 2.72. The number of nitrogens with zero attached hydrogens (tertiary/aromatic N) is 2. The molecular weight excluding hydrogens is 372 g/mol. The third-order valence-corrected chi connectivity index (χ3v) is 6.61. The molecule has 1 aromatic carbocycles. The molecule has 1 aromatic heterocycles. The van der Waals surface area contributed by atoms with Gasteiger partial charge in [0.05, 0.1) is 13.0 Å². The Labute approximate surface area is 169 Å². The van der Waals surface area contributed by atoms with Crippen molar-refractivity contribution >= 4 is 17.7 Å². The lowest BCUT2D eigenvalue weighted by Crippen LogP contribution is -2.49. The standard InChI is InChI=1S/C22H26N2O3S/c1-27-10-9-20(25)23-12-15-11-17(14-23)22-19(7-8-21(26)24(22)13-15)16-3-5-18(28-2)6-4-16/h3-8,15,17H,9-14H2,1-2H3/t15-,17-/m1/s1. The number of carbonyl (C=O) groups is 1. The zero-order chi connectivity index (χ0) is 19.7. The predicted molar refractivity (Wildman–Crippen MR) is 112 cm³/mol. The smallest absolute Gasteiger partial charge is 0.250 e. The highest BCUT2D eigenvalue weighted by atomic mass is 32.2. The van der Waals surface area contributed by atoms with Gasteiger partial charge in [0, 0.05) is 54.9 Å². The first kappa shape index (κ1) is 19.3. The van der Waals surface area contributed by atoms with Crippen molar-refractivity contribution in [2.75, 3.05) is 33.1 Å². The minimum absolute atomic E-state index is 0.0633. The monoisotopic (exact) mass is 398 g/mol. The Morgan fingerprint density at radius 2 is 1.93 bits per heavy atom. The number of fused-ring (bicyclic) bond motifs is 4. The number of carbonyl (C=O) groups excluding carboxylic acids is 1. The molecule has 0 radical (unpaired) electrons. The van der Waals surface area contributed by atoms with Gasteiger partial charge < -0.3 is 14.2 Å². The van der Waals surface area contributed by atoms with Gasteiger partial charge in [-0.15, -0.1) is 11.8 Å². The van der Waals surface area contributed by atoms with Crippen LogP contribution in [0.5, 0.6) is 0 Å². The summed E-state index contributed by atoms with van der Waals surface area (Å²) in [6.07, 6.45) is 3.52. The highest BCUT2D eigenvalue weighted by Crippen LogP contribution is 2.40. The van der Waals surface area contributed by atoms with Crippen LogP contribution in [0.2, 0.25) is 0 Å². The quantitative estimate of drug-likeness (QED) is 0.726. The number of aromatic nitrogens is 1. The fourth-order valence-corrected chi connectivity index (χ4v) is 4.99. The summed E-state index contributed by atoms with van der Waals surface area (Å²) in [5.74, 6) is 0.682. The summed E-state index contributed by atoms with van der Waals surface area (Å²) in [6.45, 7) is 2.55. The molecule has 148 valence electrons. The second-order valence-electron chi connectivity index (χ2n) is 7.65. The van der Waals surface area contributed by atoms with Crippen LogP contribution in [-0.4, -0.2) is 48.4 Å². The molecule has 3 heterocycles. The molecule has 1 saturated heterocycles. The van der Waals surface area contributed by atoms with Gasteiger partial charge >= 0.3 is 0 Å². The van der Waals surface area contributed by atoms with Crippen LogP contribution in [0.3, 0.4) is 0 Å². The Kier molecular flexibility index (Phi) is 5.60. The van der Waals surface area contributed by atoms with Gasteiger partial charge in [-0.3, -0.25) is 9.59 Å². The number of amides is 1. The fourth-order valence-electron chi connectivity index (χ4n) is 4.58. The maximum atomic E-state index is 12.6. The van der Waals surface area contributed by atoms with Crippen molar-refractivity contribution in [3.05, 3.63) is 52.4 Å². The van der Waals surface area contributed by atoms with E-state index in [1.54, 1.807) is 24.9 Å². The summed E-state index contributed by atoms with van der Waals surface area (Å²) >= 11 is 1.72. The second kappa shape index (κ2) is 8.13. The number of hydrogen-bond acceptors (Lipinski definition) is 4. The molecule has 0 spiro atoms. The molecule has 4 rings (SSSR count). The van der Waals surface area contributed by atoms with E-state index in [4.69, 9.17) is 4.74 Å². The maximum absolute atomic E-state index is 12.6. The third-order valence-electron chi connectivity index (χ3n) is 5.86. The molecule has 1 amide bonds. The fraction of sp³-hybridized carbons (Fsp3) is 0.455. The van der Waals surface area contributed by atoms with Crippen molar-refractivity contribution in [3.8, 4) is 11.1 Å². The second-order valence-corrected chi connectivity index (χ2v) is 8.53. The molecule has 0 aliphatic carbocycles. The van der Waals surface area contributed by atoms with E-state index in [0.29, 0.717) is 32.0 Å². The summed E-state index contributed by atoms with van der Waals surface area (Å²) in [6, 6.07) is 12.1. The van der Waals surface area contributed by atoms with E-state index in [0.717, 1.165) is 29.8 Å². The molecule has 0 N–H and O–H groups in total. The van der Waals surface area contributed by atoms with Crippen molar-refractivity contribution < 1.29 is 9.53 Å². The number of thioether (sulfide) groups is 1. The van der Waals surface area contributed by atoms with E-state index in [9.17, 15) is 9.59 Å². The Morgan fingerprint density at radius 1 is 1.14 bits per heavy atom. The molecule has 2 aromatic rings. The number of rotatable bonds is 5. The number of likely N-dealkylation sites (tertiary alicyclic amines) is 1. The molecule has 0 saturated carbocycles. The van der Waals surface area contributed by atoms with Gasteiger partial charge in [0.2, 0.25) is 5.91 Å². The van der Waals surface area contributed by atoms with Crippen LogP contribution in [0.4, 0.5) is 0 Å². The van der Waals surface area contributed by atoms with Crippen molar-refractivity contribution in [2.45, 2.75) is 30.2 Å². The Bertz CT molecular complexity index is 922. The SMILES string of the molecule is COCCC(=O)N1C[C@H]2C[C@H](C1)c1c(-c3ccc(SC)cc3)ccc(=O)n1C2. The van der Waals surface area contributed by atoms with Crippen LogP contribution in [0.1, 0.15) is 24.5 Å². The summed E-state index contributed by atoms with van der Waals surface area (Å²) in [5.41, 5.74) is 3.39. The van der Waals surface area contributed by atoms with Gasteiger partial charge in [0.1, 0.15) is 0 Å². The van der Waals surface area contributed by atoms with E-state index in [2.05, 4.69) is 30.5 Å². The number of benzene rings is 1. The van der Waals surface area contributed by atoms with Crippen LogP contribution < -0.4 is 5.56 Å². The minimum Gasteiger partial charge on any atom is -0.384 e. The lowest BCUT2D eigenvalue weighted by Gasteiger charge is -2.43. The first-order chi connectivity index (χ1) is 13.6. The molecule has 5 nitrogen and oxygen atoms in total. The molecule has 1 fully saturated rings.